The standard InChI is InChI=1S/C27H27NO6/c1-31-21-11-7-20(8-12-21)26(28-32-2)17-34-22-9-3-18(4-10-22)16-33-23-13-5-19(6-14-23)24-15-25(24)27(29)30/h3-14,24-25H,15-17H2,1-2H3,(H,29,30). The molecular weight excluding hydrogens is 434 g/mol. The average Bonchev–Trinajstić information content (AvgIpc) is 3.68. The van der Waals surface area contributed by atoms with Crippen LogP contribution in [0.15, 0.2) is 78.0 Å². The molecule has 2 atom stereocenters. The second kappa shape index (κ2) is 10.7. The van der Waals surface area contributed by atoms with Crippen molar-refractivity contribution in [1.82, 2.24) is 0 Å². The summed E-state index contributed by atoms with van der Waals surface area (Å²) in [4.78, 5) is 16.0. The highest BCUT2D eigenvalue weighted by molar-refractivity contribution is 6.01. The van der Waals surface area contributed by atoms with Gasteiger partial charge >= 0.3 is 5.97 Å². The van der Waals surface area contributed by atoms with E-state index in [1.165, 1.54) is 7.11 Å². The Labute approximate surface area is 198 Å². The third-order valence-electron chi connectivity index (χ3n) is 5.75. The van der Waals surface area contributed by atoms with Gasteiger partial charge in [0, 0.05) is 5.56 Å². The molecule has 1 aliphatic carbocycles. The van der Waals surface area contributed by atoms with Crippen LogP contribution in [0.25, 0.3) is 0 Å². The lowest BCUT2D eigenvalue weighted by molar-refractivity contribution is -0.138. The highest BCUT2D eigenvalue weighted by Crippen LogP contribution is 2.47. The Morgan fingerprint density at radius 1 is 0.882 bits per heavy atom. The lowest BCUT2D eigenvalue weighted by Crippen LogP contribution is -2.13. The summed E-state index contributed by atoms with van der Waals surface area (Å²) in [5.41, 5.74) is 3.61. The number of carboxylic acid groups (broad SMARTS) is 1. The molecule has 0 bridgehead atoms. The molecule has 1 N–H and O–H groups in total. The van der Waals surface area contributed by atoms with Crippen molar-refractivity contribution in [3.8, 4) is 17.2 Å². The van der Waals surface area contributed by atoms with Crippen LogP contribution in [0.2, 0.25) is 0 Å². The van der Waals surface area contributed by atoms with E-state index < -0.39 is 5.97 Å². The molecule has 0 aliphatic heterocycles. The quantitative estimate of drug-likeness (QED) is 0.323. The van der Waals surface area contributed by atoms with Gasteiger partial charge in [0.05, 0.1) is 13.0 Å². The minimum atomic E-state index is -0.722. The Balaban J connectivity index is 1.28. The van der Waals surface area contributed by atoms with Crippen LogP contribution in [-0.4, -0.2) is 37.6 Å². The van der Waals surface area contributed by atoms with E-state index >= 15 is 0 Å². The zero-order valence-electron chi connectivity index (χ0n) is 19.1. The predicted octanol–water partition coefficient (Wildman–Crippen LogP) is 4.89. The van der Waals surface area contributed by atoms with E-state index in [0.717, 1.165) is 28.2 Å². The third-order valence-corrected chi connectivity index (χ3v) is 5.75. The van der Waals surface area contributed by atoms with E-state index in [0.29, 0.717) is 24.5 Å². The van der Waals surface area contributed by atoms with Crippen LogP contribution in [0, 0.1) is 5.92 Å². The number of hydrogen-bond acceptors (Lipinski definition) is 6. The van der Waals surface area contributed by atoms with Gasteiger partial charge in [-0.1, -0.05) is 29.4 Å². The number of carboxylic acids is 1. The van der Waals surface area contributed by atoms with Gasteiger partial charge in [0.15, 0.2) is 0 Å². The Morgan fingerprint density at radius 3 is 2.09 bits per heavy atom. The first-order valence-corrected chi connectivity index (χ1v) is 11.0. The Bertz CT molecular complexity index is 1120. The molecular formula is C27H27NO6. The van der Waals surface area contributed by atoms with Gasteiger partial charge in [0.2, 0.25) is 0 Å². The summed E-state index contributed by atoms with van der Waals surface area (Å²) in [6.07, 6.45) is 0.711. The largest absolute Gasteiger partial charge is 0.497 e. The van der Waals surface area contributed by atoms with Crippen LogP contribution in [0.1, 0.15) is 29.0 Å². The van der Waals surface area contributed by atoms with Crippen molar-refractivity contribution in [3.05, 3.63) is 89.5 Å². The van der Waals surface area contributed by atoms with Crippen LogP contribution < -0.4 is 14.2 Å². The van der Waals surface area contributed by atoms with Crippen LogP contribution >= 0.6 is 0 Å². The van der Waals surface area contributed by atoms with Crippen LogP contribution in [0.3, 0.4) is 0 Å². The normalized spacial score (nSPS) is 17.1. The number of benzene rings is 3. The summed E-state index contributed by atoms with van der Waals surface area (Å²) in [5, 5.41) is 13.2. The molecule has 34 heavy (non-hydrogen) atoms. The minimum Gasteiger partial charge on any atom is -0.497 e. The van der Waals surface area contributed by atoms with Crippen molar-refractivity contribution < 1.29 is 28.9 Å². The van der Waals surface area contributed by atoms with Crippen molar-refractivity contribution >= 4 is 11.7 Å². The minimum absolute atomic E-state index is 0.123. The van der Waals surface area contributed by atoms with Crippen molar-refractivity contribution in [2.24, 2.45) is 11.1 Å². The van der Waals surface area contributed by atoms with Gasteiger partial charge in [0.1, 0.15) is 43.3 Å². The van der Waals surface area contributed by atoms with Gasteiger partial charge in [-0.05, 0) is 72.0 Å². The number of oxime groups is 1. The fraction of sp³-hybridized carbons (Fsp3) is 0.259. The van der Waals surface area contributed by atoms with E-state index in [2.05, 4.69) is 5.16 Å². The van der Waals surface area contributed by atoms with Gasteiger partial charge in [-0.2, -0.15) is 0 Å². The van der Waals surface area contributed by atoms with E-state index in [-0.39, 0.29) is 18.4 Å². The molecule has 0 aromatic heterocycles. The molecule has 0 heterocycles. The summed E-state index contributed by atoms with van der Waals surface area (Å²) >= 11 is 0. The Kier molecular flexibility index (Phi) is 7.32. The monoisotopic (exact) mass is 461 g/mol. The van der Waals surface area contributed by atoms with Crippen LogP contribution in [-0.2, 0) is 16.2 Å². The van der Waals surface area contributed by atoms with Gasteiger partial charge in [-0.3, -0.25) is 4.79 Å². The van der Waals surface area contributed by atoms with E-state index in [4.69, 9.17) is 24.2 Å². The number of methoxy groups -OCH3 is 1. The van der Waals surface area contributed by atoms with E-state index in [1.54, 1.807) is 7.11 Å². The fourth-order valence-corrected chi connectivity index (χ4v) is 3.70. The number of nitrogens with zero attached hydrogens (tertiary/aromatic N) is 1. The fourth-order valence-electron chi connectivity index (χ4n) is 3.70. The smallest absolute Gasteiger partial charge is 0.307 e. The molecule has 0 radical (unpaired) electrons. The Morgan fingerprint density at radius 2 is 1.50 bits per heavy atom. The molecule has 1 fully saturated rings. The molecule has 7 heteroatoms. The first-order valence-electron chi connectivity index (χ1n) is 11.0. The molecule has 3 aromatic rings. The topological polar surface area (TPSA) is 86.6 Å². The van der Waals surface area contributed by atoms with Crippen LogP contribution in [0.4, 0.5) is 0 Å². The zero-order chi connectivity index (χ0) is 23.9. The molecule has 4 rings (SSSR count). The van der Waals surface area contributed by atoms with Crippen LogP contribution in [0.5, 0.6) is 17.2 Å². The number of rotatable bonds is 11. The number of carbonyl (C=O) groups is 1. The molecule has 0 spiro atoms. The molecule has 176 valence electrons. The molecule has 2 unspecified atom stereocenters. The van der Waals surface area contributed by atoms with Crippen molar-refractivity contribution in [2.75, 3.05) is 20.8 Å². The highest BCUT2D eigenvalue weighted by Gasteiger charge is 2.44. The van der Waals surface area contributed by atoms with E-state index in [1.807, 2.05) is 72.8 Å². The van der Waals surface area contributed by atoms with Gasteiger partial charge in [-0.15, -0.1) is 0 Å². The Hall–Kier alpha value is -4.00. The molecule has 3 aromatic carbocycles. The summed E-state index contributed by atoms with van der Waals surface area (Å²) in [6.45, 7) is 0.676. The molecule has 0 saturated heterocycles. The SMILES string of the molecule is CON=C(COc1ccc(COc2ccc(C3CC3C(=O)O)cc2)cc1)c1ccc(OC)cc1. The zero-order valence-corrected chi connectivity index (χ0v) is 19.1. The molecule has 1 aliphatic rings. The average molecular weight is 462 g/mol. The number of ether oxygens (including phenoxy) is 3. The van der Waals surface area contributed by atoms with Crippen molar-refractivity contribution in [1.29, 1.82) is 0 Å². The maximum Gasteiger partial charge on any atom is 0.307 e. The summed E-state index contributed by atoms with van der Waals surface area (Å²) < 4.78 is 17.0. The van der Waals surface area contributed by atoms with Gasteiger partial charge in [-0.25, -0.2) is 0 Å². The predicted molar refractivity (Wildman–Crippen MR) is 128 cm³/mol. The first kappa shape index (κ1) is 23.2. The summed E-state index contributed by atoms with van der Waals surface area (Å²) in [6, 6.07) is 22.9. The second-order valence-electron chi connectivity index (χ2n) is 8.03. The summed E-state index contributed by atoms with van der Waals surface area (Å²) in [5.74, 6) is 1.38. The van der Waals surface area contributed by atoms with Gasteiger partial charge < -0.3 is 24.2 Å². The maximum absolute atomic E-state index is 11.0. The maximum atomic E-state index is 11.0. The van der Waals surface area contributed by atoms with Crippen molar-refractivity contribution in [2.45, 2.75) is 18.9 Å². The lowest BCUT2D eigenvalue weighted by atomic mass is 10.1. The number of aliphatic carboxylic acids is 1. The first-order chi connectivity index (χ1) is 16.6. The molecule has 0 amide bonds. The molecule has 7 nitrogen and oxygen atoms in total. The molecule has 1 saturated carbocycles. The highest BCUT2D eigenvalue weighted by atomic mass is 16.6. The van der Waals surface area contributed by atoms with Gasteiger partial charge in [0.25, 0.3) is 0 Å². The van der Waals surface area contributed by atoms with Crippen molar-refractivity contribution in [3.63, 3.8) is 0 Å². The third kappa shape index (κ3) is 5.86. The lowest BCUT2D eigenvalue weighted by Gasteiger charge is -2.11. The second-order valence-corrected chi connectivity index (χ2v) is 8.03. The van der Waals surface area contributed by atoms with E-state index in [9.17, 15) is 4.79 Å². The number of hydrogen-bond donors (Lipinski definition) is 1. The summed E-state index contributed by atoms with van der Waals surface area (Å²) in [7, 11) is 3.13.